The van der Waals surface area contributed by atoms with Crippen molar-refractivity contribution in [2.75, 3.05) is 26.0 Å². The second-order valence-corrected chi connectivity index (χ2v) is 7.76. The number of ether oxygens (including phenoxy) is 1. The van der Waals surface area contributed by atoms with Crippen molar-refractivity contribution in [3.63, 3.8) is 0 Å². The third kappa shape index (κ3) is 4.32. The van der Waals surface area contributed by atoms with Crippen molar-refractivity contribution in [2.24, 2.45) is 0 Å². The highest BCUT2D eigenvalue weighted by Crippen LogP contribution is 2.34. The molecule has 0 heterocycles. The van der Waals surface area contributed by atoms with E-state index in [2.05, 4.69) is 15.9 Å². The molecule has 0 radical (unpaired) electrons. The van der Waals surface area contributed by atoms with E-state index in [1.165, 1.54) is 23.5 Å². The van der Waals surface area contributed by atoms with Crippen molar-refractivity contribution in [1.29, 1.82) is 0 Å². The predicted molar refractivity (Wildman–Crippen MR) is 89.1 cm³/mol. The molecule has 1 unspecified atom stereocenters. The van der Waals surface area contributed by atoms with Gasteiger partial charge in [-0.15, -0.1) is 0 Å². The van der Waals surface area contributed by atoms with Crippen LogP contribution in [0, 0.1) is 0 Å². The molecule has 0 aliphatic heterocycles. The van der Waals surface area contributed by atoms with E-state index >= 15 is 0 Å². The Morgan fingerprint density at radius 3 is 2.62 bits per heavy atom. The van der Waals surface area contributed by atoms with Gasteiger partial charge in [0.1, 0.15) is 0 Å². The molecule has 0 amide bonds. The molecule has 0 fully saturated rings. The van der Waals surface area contributed by atoms with E-state index in [9.17, 15) is 8.42 Å². The van der Waals surface area contributed by atoms with E-state index < -0.39 is 10.0 Å². The lowest BCUT2D eigenvalue weighted by atomic mass is 10.3. The summed E-state index contributed by atoms with van der Waals surface area (Å²) in [7, 11) is -2.18. The minimum absolute atomic E-state index is 0.0731. The van der Waals surface area contributed by atoms with E-state index in [0.717, 1.165) is 0 Å². The topological polar surface area (TPSA) is 72.6 Å². The van der Waals surface area contributed by atoms with Gasteiger partial charge < -0.3 is 10.5 Å². The third-order valence-electron chi connectivity index (χ3n) is 3.22. The van der Waals surface area contributed by atoms with E-state index in [0.29, 0.717) is 17.5 Å². The number of nitrogen functional groups attached to an aromatic ring is 1. The molecule has 1 rings (SSSR count). The fourth-order valence-electron chi connectivity index (χ4n) is 1.86. The average molecular weight is 400 g/mol. The molecule has 1 atom stereocenters. The number of rotatable bonds is 7. The molecular weight excluding hydrogens is 380 g/mol. The minimum Gasteiger partial charge on any atom is -0.398 e. The Bertz CT molecular complexity index is 595. The Morgan fingerprint density at radius 2 is 2.10 bits per heavy atom. The third-order valence-corrected chi connectivity index (χ3v) is 6.62. The number of sulfonamides is 1. The van der Waals surface area contributed by atoms with Crippen molar-refractivity contribution in [1.82, 2.24) is 4.31 Å². The second kappa shape index (κ2) is 7.78. The molecule has 21 heavy (non-hydrogen) atoms. The first-order valence-electron chi connectivity index (χ1n) is 6.51. The van der Waals surface area contributed by atoms with Gasteiger partial charge in [0, 0.05) is 30.4 Å². The summed E-state index contributed by atoms with van der Waals surface area (Å²) in [5.74, 6) is 0. The van der Waals surface area contributed by atoms with Crippen LogP contribution >= 0.6 is 27.5 Å². The van der Waals surface area contributed by atoms with Gasteiger partial charge in [-0.3, -0.25) is 0 Å². The summed E-state index contributed by atoms with van der Waals surface area (Å²) in [4.78, 5) is 0.0731. The van der Waals surface area contributed by atoms with E-state index in [1.54, 1.807) is 0 Å². The lowest BCUT2D eigenvalue weighted by molar-refractivity contribution is 0.167. The average Bonchev–Trinajstić information content (AvgIpc) is 2.42. The van der Waals surface area contributed by atoms with Gasteiger partial charge in [0.05, 0.1) is 16.0 Å². The molecule has 8 heteroatoms. The molecular formula is C13H20BrClN2O3S. The maximum absolute atomic E-state index is 12.9. The number of methoxy groups -OCH3 is 1. The molecule has 0 saturated heterocycles. The first kappa shape index (κ1) is 18.7. The normalized spacial score (nSPS) is 13.6. The van der Waals surface area contributed by atoms with Crippen LogP contribution in [0.4, 0.5) is 5.69 Å². The number of anilines is 1. The highest BCUT2D eigenvalue weighted by atomic mass is 79.9. The summed E-state index contributed by atoms with van der Waals surface area (Å²) in [6.45, 7) is 4.38. The molecule has 0 aliphatic rings. The molecule has 0 spiro atoms. The first-order valence-corrected chi connectivity index (χ1v) is 9.12. The van der Waals surface area contributed by atoms with Gasteiger partial charge in [0.25, 0.3) is 0 Å². The van der Waals surface area contributed by atoms with Gasteiger partial charge in [0.2, 0.25) is 10.0 Å². The molecule has 0 aromatic heterocycles. The zero-order chi connectivity index (χ0) is 16.2. The van der Waals surface area contributed by atoms with Gasteiger partial charge in [-0.05, 0) is 41.4 Å². The highest BCUT2D eigenvalue weighted by molar-refractivity contribution is 9.10. The molecule has 120 valence electrons. The van der Waals surface area contributed by atoms with Crippen LogP contribution in [0.5, 0.6) is 0 Å². The van der Waals surface area contributed by atoms with Crippen LogP contribution in [0.25, 0.3) is 0 Å². The quantitative estimate of drug-likeness (QED) is 0.715. The summed E-state index contributed by atoms with van der Waals surface area (Å²) in [6.07, 6.45) is 0.691. The van der Waals surface area contributed by atoms with Crippen molar-refractivity contribution in [3.05, 3.63) is 21.6 Å². The predicted octanol–water partition coefficient (Wildman–Crippen LogP) is 3.12. The number of nitrogens with two attached hydrogens (primary N) is 1. The maximum atomic E-state index is 12.9. The number of halogens is 2. The lowest BCUT2D eigenvalue weighted by Gasteiger charge is -2.28. The summed E-state index contributed by atoms with van der Waals surface area (Å²) in [6, 6.07) is 2.75. The molecule has 0 aliphatic carbocycles. The van der Waals surface area contributed by atoms with Crippen LogP contribution < -0.4 is 5.73 Å². The van der Waals surface area contributed by atoms with E-state index in [-0.39, 0.29) is 28.2 Å². The fourth-order valence-corrected chi connectivity index (χ4v) is 4.81. The van der Waals surface area contributed by atoms with E-state index in [1.807, 2.05) is 13.8 Å². The van der Waals surface area contributed by atoms with Crippen LogP contribution in [0.3, 0.4) is 0 Å². The number of hydrogen-bond acceptors (Lipinski definition) is 4. The second-order valence-electron chi connectivity index (χ2n) is 4.67. The van der Waals surface area contributed by atoms with Gasteiger partial charge in [-0.25, -0.2) is 8.42 Å². The largest absolute Gasteiger partial charge is 0.398 e. The molecule has 1 aromatic rings. The van der Waals surface area contributed by atoms with Crippen LogP contribution in [-0.4, -0.2) is 39.0 Å². The lowest BCUT2D eigenvalue weighted by Crippen LogP contribution is -2.40. The fraction of sp³-hybridized carbons (Fsp3) is 0.538. The molecule has 0 saturated carbocycles. The Hall–Kier alpha value is -0.340. The van der Waals surface area contributed by atoms with Crippen LogP contribution in [0.15, 0.2) is 21.5 Å². The van der Waals surface area contributed by atoms with Crippen molar-refractivity contribution >= 4 is 43.2 Å². The summed E-state index contributed by atoms with van der Waals surface area (Å²) in [5.41, 5.74) is 6.08. The van der Waals surface area contributed by atoms with E-state index in [4.69, 9.17) is 22.1 Å². The van der Waals surface area contributed by atoms with Crippen molar-refractivity contribution < 1.29 is 13.2 Å². The minimum atomic E-state index is -3.72. The maximum Gasteiger partial charge on any atom is 0.244 e. The number of nitrogens with zero attached hydrogens (tertiary/aromatic N) is 1. The Labute approximate surface area is 139 Å². The van der Waals surface area contributed by atoms with Gasteiger partial charge >= 0.3 is 0 Å². The summed E-state index contributed by atoms with van der Waals surface area (Å²) < 4.78 is 32.5. The monoisotopic (exact) mass is 398 g/mol. The van der Waals surface area contributed by atoms with Gasteiger partial charge in [-0.2, -0.15) is 4.31 Å². The standard InChI is InChI=1S/C13H20BrClN2O3S/c1-4-9(2)17(5-6-20-3)21(18,19)12-8-10(15)7-11(16)13(12)14/h7-9H,4-6,16H2,1-3H3. The highest BCUT2D eigenvalue weighted by Gasteiger charge is 2.30. The SMILES string of the molecule is CCC(C)N(CCOC)S(=O)(=O)c1cc(Cl)cc(N)c1Br. The zero-order valence-electron chi connectivity index (χ0n) is 12.3. The zero-order valence-corrected chi connectivity index (χ0v) is 15.4. The summed E-state index contributed by atoms with van der Waals surface area (Å²) >= 11 is 9.18. The molecule has 1 aromatic carbocycles. The number of benzene rings is 1. The van der Waals surface area contributed by atoms with Crippen LogP contribution in [0.1, 0.15) is 20.3 Å². The molecule has 5 nitrogen and oxygen atoms in total. The first-order chi connectivity index (χ1) is 9.75. The Balaban J connectivity index is 3.35. The van der Waals surface area contributed by atoms with Gasteiger partial charge in [-0.1, -0.05) is 18.5 Å². The number of hydrogen-bond donors (Lipinski definition) is 1. The molecule has 0 bridgehead atoms. The van der Waals surface area contributed by atoms with Crippen molar-refractivity contribution in [3.8, 4) is 0 Å². The van der Waals surface area contributed by atoms with Crippen LogP contribution in [-0.2, 0) is 14.8 Å². The Kier molecular flexibility index (Phi) is 6.93. The van der Waals surface area contributed by atoms with Gasteiger partial charge in [0.15, 0.2) is 0 Å². The smallest absolute Gasteiger partial charge is 0.244 e. The Morgan fingerprint density at radius 1 is 1.48 bits per heavy atom. The molecule has 2 N–H and O–H groups in total. The van der Waals surface area contributed by atoms with Crippen molar-refractivity contribution in [2.45, 2.75) is 31.2 Å². The summed E-state index contributed by atoms with van der Waals surface area (Å²) in [5, 5.41) is 0.283. The van der Waals surface area contributed by atoms with Crippen LogP contribution in [0.2, 0.25) is 5.02 Å².